The Morgan fingerprint density at radius 2 is 2.07 bits per heavy atom. The highest BCUT2D eigenvalue weighted by Gasteiger charge is 2.35. The summed E-state index contributed by atoms with van der Waals surface area (Å²) in [6.07, 6.45) is 0.586. The van der Waals surface area contributed by atoms with E-state index < -0.39 is 11.7 Å². The van der Waals surface area contributed by atoms with Gasteiger partial charge in [0.25, 0.3) is 5.56 Å². The van der Waals surface area contributed by atoms with Crippen LogP contribution in [0.25, 0.3) is 16.9 Å². The molecule has 1 aliphatic rings. The highest BCUT2D eigenvalue weighted by Crippen LogP contribution is 2.37. The molecule has 1 aliphatic heterocycles. The highest BCUT2D eigenvalue weighted by atomic mass is 19.4. The summed E-state index contributed by atoms with van der Waals surface area (Å²) in [6.45, 7) is 3.38. The number of aryl methyl sites for hydroxylation is 1. The quantitative estimate of drug-likeness (QED) is 0.664. The van der Waals surface area contributed by atoms with Crippen molar-refractivity contribution in [3.8, 4) is 16.9 Å². The number of hydrogen-bond donors (Lipinski definition) is 1. The van der Waals surface area contributed by atoms with Gasteiger partial charge in [-0.1, -0.05) is 6.92 Å². The molecular formula is C20H20F3N5O2. The van der Waals surface area contributed by atoms with E-state index in [1.165, 1.54) is 23.0 Å². The van der Waals surface area contributed by atoms with Crippen molar-refractivity contribution in [2.45, 2.75) is 32.1 Å². The van der Waals surface area contributed by atoms with Crippen LogP contribution in [-0.4, -0.2) is 38.6 Å². The molecule has 1 fully saturated rings. The van der Waals surface area contributed by atoms with Gasteiger partial charge in [0, 0.05) is 36.8 Å². The van der Waals surface area contributed by atoms with Gasteiger partial charge < -0.3 is 14.6 Å². The zero-order chi connectivity index (χ0) is 21.3. The zero-order valence-electron chi connectivity index (χ0n) is 16.2. The number of ether oxygens (including phenoxy) is 1. The van der Waals surface area contributed by atoms with Crippen LogP contribution in [-0.2, 0) is 17.5 Å². The van der Waals surface area contributed by atoms with Gasteiger partial charge in [-0.3, -0.25) is 4.79 Å². The average molecular weight is 419 g/mol. The van der Waals surface area contributed by atoms with Gasteiger partial charge in [-0.05, 0) is 24.6 Å². The van der Waals surface area contributed by atoms with Gasteiger partial charge in [-0.15, -0.1) is 0 Å². The number of hydrogen-bond acceptors (Lipinski definition) is 5. The molecule has 4 rings (SSSR count). The molecule has 0 aliphatic carbocycles. The first-order chi connectivity index (χ1) is 14.3. The lowest BCUT2D eigenvalue weighted by molar-refractivity contribution is -0.137. The van der Waals surface area contributed by atoms with Crippen LogP contribution in [0.4, 0.5) is 19.0 Å². The van der Waals surface area contributed by atoms with Crippen molar-refractivity contribution in [3.05, 3.63) is 58.8 Å². The van der Waals surface area contributed by atoms with E-state index in [1.54, 1.807) is 23.0 Å². The summed E-state index contributed by atoms with van der Waals surface area (Å²) >= 11 is 0. The summed E-state index contributed by atoms with van der Waals surface area (Å²) in [5.74, 6) is 0.144. The Kier molecular flexibility index (Phi) is 5.33. The Hall–Kier alpha value is -3.14. The van der Waals surface area contributed by atoms with Gasteiger partial charge in [0.2, 0.25) is 0 Å². The van der Waals surface area contributed by atoms with E-state index >= 15 is 0 Å². The molecule has 0 unspecified atom stereocenters. The predicted octanol–water partition coefficient (Wildman–Crippen LogP) is 3.34. The smallest absolute Gasteiger partial charge is 0.377 e. The van der Waals surface area contributed by atoms with E-state index in [-0.39, 0.29) is 28.7 Å². The predicted molar refractivity (Wildman–Crippen MR) is 105 cm³/mol. The van der Waals surface area contributed by atoms with Crippen LogP contribution in [0.5, 0.6) is 0 Å². The molecule has 3 aromatic heterocycles. The van der Waals surface area contributed by atoms with Crippen LogP contribution in [0.2, 0.25) is 0 Å². The highest BCUT2D eigenvalue weighted by molar-refractivity contribution is 5.66. The molecule has 4 heterocycles. The van der Waals surface area contributed by atoms with Gasteiger partial charge in [0.05, 0.1) is 36.2 Å². The van der Waals surface area contributed by atoms with Crippen molar-refractivity contribution in [2.75, 3.05) is 18.5 Å². The van der Waals surface area contributed by atoms with Crippen LogP contribution < -0.4 is 10.9 Å². The maximum atomic E-state index is 13.7. The Labute approximate surface area is 170 Å². The number of aromatic nitrogens is 4. The standard InChI is InChI=1S/C20H20F3N5O2/c1-2-6-27-10-14(3-4-19(27)29)28-7-5-17(26-28)15-9-24-18(25-13-11-30-12-13)8-16(15)20(21,22)23/h3-5,7-10,13H,2,6,11-12H2,1H3,(H,24,25). The number of nitrogens with one attached hydrogen (secondary N) is 1. The molecule has 0 saturated carbocycles. The molecule has 158 valence electrons. The van der Waals surface area contributed by atoms with Crippen molar-refractivity contribution in [3.63, 3.8) is 0 Å². The minimum atomic E-state index is -4.57. The van der Waals surface area contributed by atoms with Crippen molar-refractivity contribution in [1.82, 2.24) is 19.3 Å². The molecule has 1 N–H and O–H groups in total. The maximum Gasteiger partial charge on any atom is 0.417 e. The third kappa shape index (κ3) is 4.09. The van der Waals surface area contributed by atoms with Crippen molar-refractivity contribution in [1.29, 1.82) is 0 Å². The summed E-state index contributed by atoms with van der Waals surface area (Å²) in [4.78, 5) is 16.0. The van der Waals surface area contributed by atoms with Crippen LogP contribution in [0.3, 0.4) is 0 Å². The minimum absolute atomic E-state index is 0.0394. The SMILES string of the molecule is CCCn1cc(-n2ccc(-c3cnc(NC4COC4)cc3C(F)(F)F)n2)ccc1=O. The monoisotopic (exact) mass is 419 g/mol. The van der Waals surface area contributed by atoms with E-state index in [2.05, 4.69) is 15.4 Å². The van der Waals surface area contributed by atoms with Crippen LogP contribution in [0, 0.1) is 0 Å². The van der Waals surface area contributed by atoms with Crippen molar-refractivity contribution in [2.24, 2.45) is 0 Å². The van der Waals surface area contributed by atoms with Gasteiger partial charge in [0.1, 0.15) is 5.82 Å². The van der Waals surface area contributed by atoms with Crippen molar-refractivity contribution < 1.29 is 17.9 Å². The molecule has 0 radical (unpaired) electrons. The van der Waals surface area contributed by atoms with Gasteiger partial charge in [-0.25, -0.2) is 9.67 Å². The molecular weight excluding hydrogens is 399 g/mol. The Balaban J connectivity index is 1.68. The molecule has 3 aromatic rings. The van der Waals surface area contributed by atoms with E-state index in [1.807, 2.05) is 6.92 Å². The van der Waals surface area contributed by atoms with Crippen molar-refractivity contribution >= 4 is 5.82 Å². The molecule has 0 bridgehead atoms. The zero-order valence-corrected chi connectivity index (χ0v) is 16.2. The minimum Gasteiger partial charge on any atom is -0.377 e. The molecule has 7 nitrogen and oxygen atoms in total. The molecule has 30 heavy (non-hydrogen) atoms. The lowest BCUT2D eigenvalue weighted by atomic mass is 10.1. The molecule has 0 amide bonds. The van der Waals surface area contributed by atoms with Crippen LogP contribution >= 0.6 is 0 Å². The van der Waals surface area contributed by atoms with Crippen LogP contribution in [0.15, 0.2) is 47.7 Å². The molecule has 0 atom stereocenters. The first-order valence-corrected chi connectivity index (χ1v) is 9.53. The second-order valence-corrected chi connectivity index (χ2v) is 7.06. The summed E-state index contributed by atoms with van der Waals surface area (Å²) in [6, 6.07) is 5.45. The summed E-state index contributed by atoms with van der Waals surface area (Å²) in [5, 5.41) is 7.22. The average Bonchev–Trinajstić information content (AvgIpc) is 3.16. The third-order valence-electron chi connectivity index (χ3n) is 4.76. The lowest BCUT2D eigenvalue weighted by Crippen LogP contribution is -2.40. The van der Waals surface area contributed by atoms with E-state index in [9.17, 15) is 18.0 Å². The van der Waals surface area contributed by atoms with E-state index in [0.717, 1.165) is 12.5 Å². The summed E-state index contributed by atoms with van der Waals surface area (Å²) in [7, 11) is 0. The number of nitrogens with zero attached hydrogens (tertiary/aromatic N) is 4. The Morgan fingerprint density at radius 3 is 2.73 bits per heavy atom. The fourth-order valence-electron chi connectivity index (χ4n) is 3.18. The van der Waals surface area contributed by atoms with Gasteiger partial charge in [0.15, 0.2) is 0 Å². The van der Waals surface area contributed by atoms with E-state index in [0.29, 0.717) is 25.4 Å². The molecule has 1 saturated heterocycles. The van der Waals surface area contributed by atoms with E-state index in [4.69, 9.17) is 4.74 Å². The fourth-order valence-corrected chi connectivity index (χ4v) is 3.18. The number of alkyl halides is 3. The second kappa shape index (κ2) is 7.94. The summed E-state index contributed by atoms with van der Waals surface area (Å²) < 4.78 is 49.1. The normalized spacial score (nSPS) is 14.5. The number of pyridine rings is 2. The number of halogens is 3. The first kappa shape index (κ1) is 20.1. The summed E-state index contributed by atoms with van der Waals surface area (Å²) in [5.41, 5.74) is -0.350. The van der Waals surface area contributed by atoms with Gasteiger partial charge in [-0.2, -0.15) is 18.3 Å². The van der Waals surface area contributed by atoms with Gasteiger partial charge >= 0.3 is 6.18 Å². The lowest BCUT2D eigenvalue weighted by Gasteiger charge is -2.27. The first-order valence-electron chi connectivity index (χ1n) is 9.53. The number of anilines is 1. The molecule has 0 spiro atoms. The third-order valence-corrected chi connectivity index (χ3v) is 4.76. The topological polar surface area (TPSA) is 74.0 Å². The Morgan fingerprint density at radius 1 is 1.27 bits per heavy atom. The fraction of sp³-hybridized carbons (Fsp3) is 0.350. The molecule has 0 aromatic carbocycles. The second-order valence-electron chi connectivity index (χ2n) is 7.06. The van der Waals surface area contributed by atoms with Crippen LogP contribution in [0.1, 0.15) is 18.9 Å². The molecule has 10 heteroatoms. The Bertz CT molecular complexity index is 1100. The largest absolute Gasteiger partial charge is 0.417 e. The maximum absolute atomic E-state index is 13.7. The number of rotatable bonds is 6.